The summed E-state index contributed by atoms with van der Waals surface area (Å²) in [6, 6.07) is 9.35. The van der Waals surface area contributed by atoms with Crippen LogP contribution in [0, 0.1) is 17.0 Å². The van der Waals surface area contributed by atoms with Gasteiger partial charge in [-0.15, -0.1) is 0 Å². The molecule has 4 N–H and O–H groups in total. The summed E-state index contributed by atoms with van der Waals surface area (Å²) in [5.74, 6) is -0.403. The molecular weight excluding hydrogens is 358 g/mol. The third-order valence-electron chi connectivity index (χ3n) is 5.55. The first-order valence-electron chi connectivity index (χ1n) is 10.2. The fourth-order valence-electron chi connectivity index (χ4n) is 3.55. The van der Waals surface area contributed by atoms with Gasteiger partial charge in [0.15, 0.2) is 0 Å². The monoisotopic (exact) mass is 393 g/mol. The SMILES string of the molecule is CC(C)[C@@H](C[C@H](O)[C@@H](N)Cc1ccccc1)C(=O)NCC[N+]1([O-])CCOCC1. The van der Waals surface area contributed by atoms with E-state index in [4.69, 9.17) is 10.5 Å². The van der Waals surface area contributed by atoms with E-state index in [-0.39, 0.29) is 22.4 Å². The highest BCUT2D eigenvalue weighted by Gasteiger charge is 2.28. The number of aliphatic hydroxyl groups excluding tert-OH is 1. The van der Waals surface area contributed by atoms with Crippen LogP contribution in [0.15, 0.2) is 30.3 Å². The Balaban J connectivity index is 1.82. The Labute approximate surface area is 168 Å². The number of nitrogens with two attached hydrogens (primary N) is 1. The number of morpholine rings is 1. The van der Waals surface area contributed by atoms with Gasteiger partial charge in [0.2, 0.25) is 5.91 Å². The maximum Gasteiger partial charge on any atom is 0.223 e. The molecule has 0 saturated carbocycles. The van der Waals surface area contributed by atoms with Crippen LogP contribution < -0.4 is 11.1 Å². The van der Waals surface area contributed by atoms with E-state index in [0.717, 1.165) is 5.56 Å². The maximum atomic E-state index is 12.7. The Morgan fingerprint density at radius 1 is 1.29 bits per heavy atom. The van der Waals surface area contributed by atoms with Crippen LogP contribution in [0.25, 0.3) is 0 Å². The van der Waals surface area contributed by atoms with Gasteiger partial charge in [0, 0.05) is 12.0 Å². The highest BCUT2D eigenvalue weighted by atomic mass is 16.6. The van der Waals surface area contributed by atoms with Crippen molar-refractivity contribution in [2.24, 2.45) is 17.6 Å². The van der Waals surface area contributed by atoms with Crippen LogP contribution in [-0.4, -0.2) is 67.2 Å². The van der Waals surface area contributed by atoms with Crippen LogP contribution in [0.4, 0.5) is 0 Å². The standard InChI is InChI=1S/C21H35N3O4/c1-16(2)18(15-20(25)19(22)14-17-6-4-3-5-7-17)21(26)23-8-9-24(27)10-12-28-13-11-24/h3-7,16,18-20,25H,8-15,22H2,1-2H3,(H,23,26)/t18-,19+,20+/m1/s1. The molecule has 1 aromatic rings. The lowest BCUT2D eigenvalue weighted by Gasteiger charge is -2.45. The lowest BCUT2D eigenvalue weighted by Crippen LogP contribution is -2.54. The minimum absolute atomic E-state index is 0.0670. The van der Waals surface area contributed by atoms with Crippen molar-refractivity contribution in [2.75, 3.05) is 39.4 Å². The van der Waals surface area contributed by atoms with E-state index in [9.17, 15) is 15.1 Å². The smallest absolute Gasteiger partial charge is 0.223 e. The van der Waals surface area contributed by atoms with Crippen molar-refractivity contribution < 1.29 is 19.3 Å². The fraction of sp³-hybridized carbons (Fsp3) is 0.667. The number of nitrogens with one attached hydrogen (secondary N) is 1. The molecule has 1 saturated heterocycles. The molecule has 0 spiro atoms. The molecule has 1 heterocycles. The molecule has 3 atom stereocenters. The number of hydroxylamine groups is 3. The van der Waals surface area contributed by atoms with Gasteiger partial charge < -0.3 is 30.7 Å². The second kappa shape index (κ2) is 10.9. The number of amides is 1. The maximum absolute atomic E-state index is 12.7. The van der Waals surface area contributed by atoms with E-state index < -0.39 is 12.1 Å². The number of carbonyl (C=O) groups is 1. The van der Waals surface area contributed by atoms with Crippen LogP contribution in [0.1, 0.15) is 25.8 Å². The van der Waals surface area contributed by atoms with Crippen molar-refractivity contribution in [3.63, 3.8) is 0 Å². The Bertz CT molecular complexity index is 591. The first kappa shape index (κ1) is 22.8. The van der Waals surface area contributed by atoms with Gasteiger partial charge in [0.25, 0.3) is 0 Å². The number of carbonyl (C=O) groups excluding carboxylic acids is 1. The van der Waals surface area contributed by atoms with Gasteiger partial charge in [-0.25, -0.2) is 0 Å². The number of benzene rings is 1. The molecule has 1 aliphatic heterocycles. The van der Waals surface area contributed by atoms with Crippen molar-refractivity contribution in [3.8, 4) is 0 Å². The zero-order valence-electron chi connectivity index (χ0n) is 17.0. The van der Waals surface area contributed by atoms with Crippen LogP contribution in [0.3, 0.4) is 0 Å². The van der Waals surface area contributed by atoms with Gasteiger partial charge in [-0.2, -0.15) is 0 Å². The van der Waals surface area contributed by atoms with E-state index in [0.29, 0.717) is 52.2 Å². The lowest BCUT2D eigenvalue weighted by molar-refractivity contribution is -0.887. The van der Waals surface area contributed by atoms with Crippen LogP contribution in [0.2, 0.25) is 0 Å². The summed E-state index contributed by atoms with van der Waals surface area (Å²) in [5.41, 5.74) is 7.24. The topological polar surface area (TPSA) is 108 Å². The molecule has 0 bridgehead atoms. The van der Waals surface area contributed by atoms with Crippen molar-refractivity contribution in [1.29, 1.82) is 0 Å². The van der Waals surface area contributed by atoms with Crippen LogP contribution in [-0.2, 0) is 16.0 Å². The summed E-state index contributed by atoms with van der Waals surface area (Å²) in [6.07, 6.45) is 0.102. The van der Waals surface area contributed by atoms with Crippen LogP contribution in [0.5, 0.6) is 0 Å². The van der Waals surface area contributed by atoms with E-state index in [1.165, 1.54) is 0 Å². The second-order valence-electron chi connectivity index (χ2n) is 8.14. The molecule has 2 rings (SSSR count). The lowest BCUT2D eigenvalue weighted by atomic mass is 9.86. The molecule has 0 radical (unpaired) electrons. The number of ether oxygens (including phenoxy) is 1. The summed E-state index contributed by atoms with van der Waals surface area (Å²) in [5, 5.41) is 25.9. The molecule has 0 unspecified atom stereocenters. The van der Waals surface area contributed by atoms with Gasteiger partial charge >= 0.3 is 0 Å². The normalized spacial score (nSPS) is 19.8. The Hall–Kier alpha value is -1.51. The van der Waals surface area contributed by atoms with E-state index in [1.807, 2.05) is 44.2 Å². The summed E-state index contributed by atoms with van der Waals surface area (Å²) >= 11 is 0. The number of nitrogens with zero attached hydrogens (tertiary/aromatic N) is 1. The van der Waals surface area contributed by atoms with Gasteiger partial charge in [0.1, 0.15) is 13.1 Å². The number of aliphatic hydroxyl groups is 1. The summed E-state index contributed by atoms with van der Waals surface area (Å²) in [4.78, 5) is 12.7. The number of quaternary nitrogens is 1. The molecule has 0 aromatic heterocycles. The Kier molecular flexibility index (Phi) is 8.85. The summed E-state index contributed by atoms with van der Waals surface area (Å²) in [7, 11) is 0. The number of rotatable bonds is 10. The van der Waals surface area contributed by atoms with Gasteiger partial charge in [0.05, 0.1) is 32.4 Å². The quantitative estimate of drug-likeness (QED) is 0.407. The summed E-state index contributed by atoms with van der Waals surface area (Å²) < 4.78 is 4.91. The highest BCUT2D eigenvalue weighted by molar-refractivity contribution is 5.78. The molecule has 158 valence electrons. The van der Waals surface area contributed by atoms with Crippen molar-refractivity contribution >= 4 is 5.91 Å². The zero-order valence-corrected chi connectivity index (χ0v) is 17.0. The van der Waals surface area contributed by atoms with Crippen molar-refractivity contribution in [3.05, 3.63) is 41.1 Å². The first-order chi connectivity index (χ1) is 13.3. The van der Waals surface area contributed by atoms with Crippen molar-refractivity contribution in [1.82, 2.24) is 5.32 Å². The molecule has 1 fully saturated rings. The molecule has 28 heavy (non-hydrogen) atoms. The zero-order chi connectivity index (χ0) is 20.6. The van der Waals surface area contributed by atoms with Gasteiger partial charge in [-0.3, -0.25) is 4.79 Å². The average molecular weight is 394 g/mol. The number of hydrogen-bond acceptors (Lipinski definition) is 5. The Morgan fingerprint density at radius 2 is 1.93 bits per heavy atom. The van der Waals surface area contributed by atoms with E-state index >= 15 is 0 Å². The second-order valence-corrected chi connectivity index (χ2v) is 8.14. The highest BCUT2D eigenvalue weighted by Crippen LogP contribution is 2.20. The molecule has 7 heteroatoms. The van der Waals surface area contributed by atoms with Gasteiger partial charge in [-0.05, 0) is 24.3 Å². The number of hydrogen-bond donors (Lipinski definition) is 3. The van der Waals surface area contributed by atoms with Crippen LogP contribution >= 0.6 is 0 Å². The molecule has 7 nitrogen and oxygen atoms in total. The molecule has 1 aromatic carbocycles. The predicted octanol–water partition coefficient (Wildman–Crippen LogP) is 1.04. The average Bonchev–Trinajstić information content (AvgIpc) is 2.66. The minimum Gasteiger partial charge on any atom is -0.633 e. The third kappa shape index (κ3) is 7.14. The summed E-state index contributed by atoms with van der Waals surface area (Å²) in [6.45, 7) is 6.39. The molecule has 1 aliphatic rings. The third-order valence-corrected chi connectivity index (χ3v) is 5.55. The van der Waals surface area contributed by atoms with Gasteiger partial charge in [-0.1, -0.05) is 44.2 Å². The van der Waals surface area contributed by atoms with Crippen molar-refractivity contribution in [2.45, 2.75) is 38.8 Å². The molecule has 0 aliphatic carbocycles. The van der Waals surface area contributed by atoms with E-state index in [2.05, 4.69) is 5.32 Å². The fourth-order valence-corrected chi connectivity index (χ4v) is 3.55. The largest absolute Gasteiger partial charge is 0.633 e. The predicted molar refractivity (Wildman–Crippen MR) is 109 cm³/mol. The molecular formula is C21H35N3O4. The minimum atomic E-state index is -0.768. The van der Waals surface area contributed by atoms with E-state index in [1.54, 1.807) is 0 Å². The molecule has 1 amide bonds. The Morgan fingerprint density at radius 3 is 2.54 bits per heavy atom. The first-order valence-corrected chi connectivity index (χ1v) is 10.2.